The van der Waals surface area contributed by atoms with Gasteiger partial charge in [0.25, 0.3) is 6.71 Å². The van der Waals surface area contributed by atoms with Crippen molar-refractivity contribution in [1.82, 2.24) is 0 Å². The highest BCUT2D eigenvalue weighted by Gasteiger charge is 2.49. The molecule has 53 heavy (non-hydrogen) atoms. The molecule has 2 aliphatic heterocycles. The Balaban J connectivity index is 1.13. The zero-order valence-electron chi connectivity index (χ0n) is 35.1. The Kier molecular flexibility index (Phi) is 5.45. The first kappa shape index (κ1) is 27.0. The van der Waals surface area contributed by atoms with Crippen molar-refractivity contribution in [2.75, 3.05) is 9.80 Å². The third kappa shape index (κ3) is 4.36. The molecule has 6 fully saturated rings. The maximum Gasteiger partial charge on any atom is 0.297 e. The van der Waals surface area contributed by atoms with Crippen LogP contribution < -0.4 is 26.4 Å². The maximum atomic E-state index is 9.33. The van der Waals surface area contributed by atoms with E-state index in [1.165, 1.54) is 60.7 Å². The lowest BCUT2D eigenvalue weighted by Crippen LogP contribution is -2.61. The second-order valence-electron chi connectivity index (χ2n) is 18.4. The van der Waals surface area contributed by atoms with Crippen molar-refractivity contribution in [3.63, 3.8) is 0 Å². The van der Waals surface area contributed by atoms with Gasteiger partial charge in [-0.15, -0.1) is 0 Å². The predicted octanol–water partition coefficient (Wildman–Crippen LogP) is 11.1. The van der Waals surface area contributed by atoms with E-state index in [4.69, 9.17) is 8.53 Å². The minimum absolute atomic E-state index is 0.0317. The molecule has 3 heterocycles. The largest absolute Gasteiger partial charge is 0.468 e. The Morgan fingerprint density at radius 2 is 1.28 bits per heavy atom. The second kappa shape index (κ2) is 10.7. The Morgan fingerprint density at radius 1 is 0.679 bits per heavy atom. The molecule has 6 saturated carbocycles. The zero-order chi connectivity index (χ0) is 38.8. The van der Waals surface area contributed by atoms with Gasteiger partial charge in [0.15, 0.2) is 0 Å². The van der Waals surface area contributed by atoms with E-state index >= 15 is 0 Å². The molecule has 0 spiro atoms. The lowest BCUT2D eigenvalue weighted by atomic mass is 9.35. The van der Waals surface area contributed by atoms with Crippen LogP contribution in [0.2, 0.25) is 0 Å². The summed E-state index contributed by atoms with van der Waals surface area (Å²) in [5.41, 5.74) is 14.4. The third-order valence-electron chi connectivity index (χ3n) is 14.3. The van der Waals surface area contributed by atoms with E-state index in [0.29, 0.717) is 28.6 Å². The van der Waals surface area contributed by atoms with Crippen LogP contribution in [0.4, 0.5) is 34.1 Å². The monoisotopic (exact) mass is 694 g/mol. The summed E-state index contributed by atoms with van der Waals surface area (Å²) in [6.07, 6.45) is 8.02. The van der Waals surface area contributed by atoms with E-state index in [1.807, 2.05) is 0 Å². The molecular formula is C49H47BN2O. The van der Waals surface area contributed by atoms with E-state index in [9.17, 15) is 1.37 Å². The molecule has 6 aromatic rings. The molecule has 14 rings (SSSR count). The minimum Gasteiger partial charge on any atom is -0.468 e. The van der Waals surface area contributed by atoms with Crippen LogP contribution in [0.1, 0.15) is 98.9 Å². The van der Waals surface area contributed by atoms with Gasteiger partial charge in [-0.1, -0.05) is 69.3 Å². The van der Waals surface area contributed by atoms with E-state index in [0.717, 1.165) is 63.1 Å². The number of furan rings is 1. The van der Waals surface area contributed by atoms with Crippen molar-refractivity contribution < 1.29 is 9.90 Å². The van der Waals surface area contributed by atoms with Gasteiger partial charge in [-0.25, -0.2) is 0 Å². The fraction of sp³-hybridized carbons (Fsp3) is 0.347. The van der Waals surface area contributed by atoms with E-state index in [1.54, 1.807) is 0 Å². The smallest absolute Gasteiger partial charge is 0.297 e. The molecule has 262 valence electrons. The van der Waals surface area contributed by atoms with Crippen LogP contribution in [-0.2, 0) is 5.41 Å². The number of rotatable bonds is 4. The lowest BCUT2D eigenvalue weighted by Gasteiger charge is -2.43. The molecule has 2 unspecified atom stereocenters. The average molecular weight is 695 g/mol. The van der Waals surface area contributed by atoms with Gasteiger partial charge in [-0.05, 0) is 174 Å². The summed E-state index contributed by atoms with van der Waals surface area (Å²) in [6.45, 7) is 8.53. The van der Waals surface area contributed by atoms with Gasteiger partial charge in [0.05, 0.1) is 16.8 Å². The highest BCUT2D eigenvalue weighted by molar-refractivity contribution is 7.00. The number of fused-ring (bicyclic) bond motifs is 8. The van der Waals surface area contributed by atoms with Gasteiger partial charge in [-0.3, -0.25) is 0 Å². The number of benzene rings is 5. The number of aryl methyl sites for hydroxylation is 1. The molecule has 8 aliphatic rings. The first-order valence-electron chi connectivity index (χ1n) is 22.0. The molecule has 2 atom stereocenters. The molecule has 0 N–H and O–H groups in total. The Hall–Kier alpha value is -4.70. The molecule has 4 bridgehead atoms. The van der Waals surface area contributed by atoms with Gasteiger partial charge in [0.2, 0.25) is 0 Å². The number of anilines is 6. The van der Waals surface area contributed by atoms with Crippen LogP contribution in [0.3, 0.4) is 0 Å². The van der Waals surface area contributed by atoms with Crippen LogP contribution in [0, 0.1) is 30.6 Å². The van der Waals surface area contributed by atoms with E-state index < -0.39 is 0 Å². The first-order valence-corrected chi connectivity index (χ1v) is 20.0. The summed E-state index contributed by atoms with van der Waals surface area (Å²) in [5, 5.41) is 0.432. The molecule has 1 aromatic heterocycles. The van der Waals surface area contributed by atoms with Gasteiger partial charge in [0.1, 0.15) is 5.58 Å². The number of para-hydroxylation sites is 1. The fourth-order valence-electron chi connectivity index (χ4n) is 11.6. The SMILES string of the molecule is [2H]c1c([2H])c([2H])c2c3c(oc2c1[2H])B1c2cc(C4CC5CC4C5)ccc2N(c2ccc(C4CC5CC4C5)cc2)c2cc(C)cc(c21)N3c1ccc(C(C)(C)C)cc1. The van der Waals surface area contributed by atoms with Crippen molar-refractivity contribution in [2.24, 2.45) is 23.7 Å². The Bertz CT molecular complexity index is 2690. The number of hydrogen-bond donors (Lipinski definition) is 0. The van der Waals surface area contributed by atoms with Crippen molar-refractivity contribution in [1.29, 1.82) is 0 Å². The summed E-state index contributed by atoms with van der Waals surface area (Å²) in [7, 11) is 0. The summed E-state index contributed by atoms with van der Waals surface area (Å²) >= 11 is 0. The molecule has 0 amide bonds. The zero-order valence-corrected chi connectivity index (χ0v) is 31.1. The standard InChI is InChI=1S/C49H47BN2O/c1-28-19-43-46-44(20-28)52(37-16-12-35(13-17-37)49(2,3)4)47-38-7-5-6-8-45(38)53-48(47)50(46)41-27-32(40-26-30-23-34(40)24-30)11-18-42(41)51(43)36-14-9-31(10-15-36)39-25-29-21-33(39)22-29/h5-20,27,29-30,33-34,39-40H,21-26H2,1-4H3/i5D,6D,7D,8D. The molecule has 4 heteroatoms. The summed E-state index contributed by atoms with van der Waals surface area (Å²) < 4.78 is 42.9. The quantitative estimate of drug-likeness (QED) is 0.171. The average Bonchev–Trinajstić information content (AvgIpc) is 4.02. The second-order valence-corrected chi connectivity index (χ2v) is 18.4. The first-order chi connectivity index (χ1) is 27.4. The van der Waals surface area contributed by atoms with Gasteiger partial charge in [0, 0.05) is 33.8 Å². The van der Waals surface area contributed by atoms with Crippen molar-refractivity contribution in [3.8, 4) is 0 Å². The van der Waals surface area contributed by atoms with Gasteiger partial charge >= 0.3 is 0 Å². The molecule has 0 saturated heterocycles. The molecule has 3 nitrogen and oxygen atoms in total. The molecule has 0 radical (unpaired) electrons. The van der Waals surface area contributed by atoms with Crippen LogP contribution >= 0.6 is 0 Å². The molecule has 5 aromatic carbocycles. The molecule has 6 aliphatic carbocycles. The fourth-order valence-corrected chi connectivity index (χ4v) is 11.6. The normalized spacial score (nSPS) is 27.0. The van der Waals surface area contributed by atoms with Crippen molar-refractivity contribution >= 4 is 68.4 Å². The van der Waals surface area contributed by atoms with Crippen LogP contribution in [-0.4, -0.2) is 6.71 Å². The van der Waals surface area contributed by atoms with E-state index in [2.05, 4.69) is 116 Å². The third-order valence-corrected chi connectivity index (χ3v) is 14.3. The Labute approximate surface area is 319 Å². The number of hydrogen-bond acceptors (Lipinski definition) is 3. The Morgan fingerprint density at radius 3 is 1.94 bits per heavy atom. The van der Waals surface area contributed by atoms with Crippen LogP contribution in [0.5, 0.6) is 0 Å². The van der Waals surface area contributed by atoms with Crippen LogP contribution in [0.25, 0.3) is 11.0 Å². The highest BCUT2D eigenvalue weighted by atomic mass is 16.3. The summed E-state index contributed by atoms with van der Waals surface area (Å²) in [6, 6.07) is 29.2. The minimum atomic E-state index is -0.308. The maximum absolute atomic E-state index is 9.33. The summed E-state index contributed by atoms with van der Waals surface area (Å²) in [4.78, 5) is 4.70. The summed E-state index contributed by atoms with van der Waals surface area (Å²) in [5.74, 6) is 4.57. The van der Waals surface area contributed by atoms with Crippen LogP contribution in [0.15, 0.2) is 107 Å². The predicted molar refractivity (Wildman–Crippen MR) is 221 cm³/mol. The van der Waals surface area contributed by atoms with Gasteiger partial charge < -0.3 is 14.2 Å². The van der Waals surface area contributed by atoms with E-state index in [-0.39, 0.29) is 41.9 Å². The topological polar surface area (TPSA) is 19.6 Å². The van der Waals surface area contributed by atoms with Crippen molar-refractivity contribution in [2.45, 2.75) is 83.5 Å². The highest BCUT2D eigenvalue weighted by Crippen LogP contribution is 2.58. The number of nitrogens with zero attached hydrogens (tertiary/aromatic N) is 2. The van der Waals surface area contributed by atoms with Crippen molar-refractivity contribution in [3.05, 3.63) is 125 Å². The lowest BCUT2D eigenvalue weighted by molar-refractivity contribution is 0.294. The van der Waals surface area contributed by atoms with Gasteiger partial charge in [-0.2, -0.15) is 0 Å². The molecular weight excluding hydrogens is 643 g/mol.